The van der Waals surface area contributed by atoms with Gasteiger partial charge in [-0.05, 0) is 18.1 Å². The third-order valence-corrected chi connectivity index (χ3v) is 1.70. The van der Waals surface area contributed by atoms with Gasteiger partial charge in [0.2, 0.25) is 0 Å². The fraction of sp³-hybridized carbons (Fsp3) is 0.364. The van der Waals surface area contributed by atoms with Gasteiger partial charge in [-0.1, -0.05) is 19.9 Å². The average Bonchev–Trinajstić information content (AvgIpc) is 2.14. The minimum absolute atomic E-state index is 0.00634. The Balaban J connectivity index is 2.85. The zero-order valence-corrected chi connectivity index (χ0v) is 8.29. The van der Waals surface area contributed by atoms with Crippen molar-refractivity contribution in [3.8, 4) is 5.75 Å². The molecule has 0 aliphatic carbocycles. The van der Waals surface area contributed by atoms with E-state index in [1.807, 2.05) is 13.8 Å². The van der Waals surface area contributed by atoms with Crippen LogP contribution < -0.4 is 4.74 Å². The molecule has 0 saturated carbocycles. The van der Waals surface area contributed by atoms with Crippen molar-refractivity contribution in [2.24, 2.45) is 5.92 Å². The van der Waals surface area contributed by atoms with Gasteiger partial charge >= 0.3 is 0 Å². The molecule has 0 unspecified atom stereocenters. The van der Waals surface area contributed by atoms with Crippen LogP contribution >= 0.6 is 0 Å². The Bertz CT molecular complexity index is 321. The second kappa shape index (κ2) is 4.74. The minimum atomic E-state index is -0.541. The number of carbonyl (C=O) groups is 1. The van der Waals surface area contributed by atoms with Crippen molar-refractivity contribution in [1.82, 2.24) is 0 Å². The molecule has 0 bridgehead atoms. The van der Waals surface area contributed by atoms with Crippen molar-refractivity contribution in [2.45, 2.75) is 13.8 Å². The number of ether oxygens (including phenoxy) is 1. The van der Waals surface area contributed by atoms with Crippen molar-refractivity contribution < 1.29 is 13.9 Å². The highest BCUT2D eigenvalue weighted by Gasteiger charge is 2.08. The first-order valence-corrected chi connectivity index (χ1v) is 4.51. The van der Waals surface area contributed by atoms with Gasteiger partial charge in [0.1, 0.15) is 11.6 Å². The predicted molar refractivity (Wildman–Crippen MR) is 52.1 cm³/mol. The van der Waals surface area contributed by atoms with Crippen LogP contribution in [-0.2, 0) is 0 Å². The number of hydrogen-bond acceptors (Lipinski definition) is 2. The molecule has 0 aliphatic rings. The molecule has 0 aliphatic heterocycles. The van der Waals surface area contributed by atoms with Crippen LogP contribution in [0.3, 0.4) is 0 Å². The lowest BCUT2D eigenvalue weighted by molar-refractivity contribution is 0.111. The third-order valence-electron chi connectivity index (χ3n) is 1.70. The molecule has 2 nitrogen and oxygen atoms in total. The lowest BCUT2D eigenvalue weighted by atomic mass is 10.2. The van der Waals surface area contributed by atoms with Crippen molar-refractivity contribution >= 4 is 6.29 Å². The molecule has 14 heavy (non-hydrogen) atoms. The zero-order chi connectivity index (χ0) is 10.6. The number of halogens is 1. The minimum Gasteiger partial charge on any atom is -0.492 e. The molecule has 0 atom stereocenters. The summed E-state index contributed by atoms with van der Waals surface area (Å²) in [5.74, 6) is 0.118. The summed E-state index contributed by atoms with van der Waals surface area (Å²) < 4.78 is 18.4. The molecule has 0 saturated heterocycles. The molecular weight excluding hydrogens is 183 g/mol. The Kier molecular flexibility index (Phi) is 3.63. The topological polar surface area (TPSA) is 26.3 Å². The summed E-state index contributed by atoms with van der Waals surface area (Å²) in [4.78, 5) is 10.6. The Morgan fingerprint density at radius 3 is 2.79 bits per heavy atom. The number of aldehydes is 1. The molecule has 76 valence electrons. The molecule has 0 spiro atoms. The van der Waals surface area contributed by atoms with E-state index in [-0.39, 0.29) is 5.56 Å². The van der Waals surface area contributed by atoms with Crippen LogP contribution in [0.4, 0.5) is 4.39 Å². The number of hydrogen-bond donors (Lipinski definition) is 0. The van der Waals surface area contributed by atoms with E-state index in [4.69, 9.17) is 4.74 Å². The summed E-state index contributed by atoms with van der Waals surface area (Å²) in [7, 11) is 0. The van der Waals surface area contributed by atoms with E-state index in [0.29, 0.717) is 24.6 Å². The maximum absolute atomic E-state index is 13.1. The molecule has 0 radical (unpaired) electrons. The molecule has 0 aromatic heterocycles. The van der Waals surface area contributed by atoms with Gasteiger partial charge in [-0.2, -0.15) is 0 Å². The van der Waals surface area contributed by atoms with Crippen LogP contribution in [0.5, 0.6) is 5.75 Å². The lowest BCUT2D eigenvalue weighted by Crippen LogP contribution is -2.06. The summed E-state index contributed by atoms with van der Waals surface area (Å²) in [5.41, 5.74) is -0.00634. The molecule has 3 heteroatoms. The SMILES string of the molecule is CC(C)COc1cccc(F)c1C=O. The molecule has 0 fully saturated rings. The van der Waals surface area contributed by atoms with Gasteiger partial charge in [0.15, 0.2) is 6.29 Å². The Labute approximate surface area is 82.7 Å². The number of rotatable bonds is 4. The molecule has 1 rings (SSSR count). The first kappa shape index (κ1) is 10.7. The third kappa shape index (κ3) is 2.55. The summed E-state index contributed by atoms with van der Waals surface area (Å²) >= 11 is 0. The second-order valence-electron chi connectivity index (χ2n) is 3.47. The van der Waals surface area contributed by atoms with Crippen LogP contribution in [0, 0.1) is 11.7 Å². The first-order valence-electron chi connectivity index (χ1n) is 4.51. The van der Waals surface area contributed by atoms with E-state index in [1.165, 1.54) is 12.1 Å². The largest absolute Gasteiger partial charge is 0.492 e. The summed E-state index contributed by atoms with van der Waals surface area (Å²) in [6.07, 6.45) is 0.477. The highest BCUT2D eigenvalue weighted by molar-refractivity contribution is 5.79. The van der Waals surface area contributed by atoms with Crippen LogP contribution in [-0.4, -0.2) is 12.9 Å². The quantitative estimate of drug-likeness (QED) is 0.692. The zero-order valence-electron chi connectivity index (χ0n) is 8.29. The molecule has 0 N–H and O–H groups in total. The van der Waals surface area contributed by atoms with Gasteiger partial charge in [0.25, 0.3) is 0 Å². The molecule has 0 heterocycles. The van der Waals surface area contributed by atoms with Gasteiger partial charge in [-0.3, -0.25) is 4.79 Å². The normalized spacial score (nSPS) is 10.3. The smallest absolute Gasteiger partial charge is 0.156 e. The van der Waals surface area contributed by atoms with Gasteiger partial charge in [0.05, 0.1) is 12.2 Å². The Morgan fingerprint density at radius 1 is 1.50 bits per heavy atom. The predicted octanol–water partition coefficient (Wildman–Crippen LogP) is 2.67. The molecule has 1 aromatic rings. The van der Waals surface area contributed by atoms with E-state index in [0.717, 1.165) is 0 Å². The number of carbonyl (C=O) groups excluding carboxylic acids is 1. The van der Waals surface area contributed by atoms with E-state index in [2.05, 4.69) is 0 Å². The molecular formula is C11H13FO2. The van der Waals surface area contributed by atoms with E-state index in [1.54, 1.807) is 6.07 Å². The summed E-state index contributed by atoms with van der Waals surface area (Å²) in [5, 5.41) is 0. The standard InChI is InChI=1S/C11H13FO2/c1-8(2)7-14-11-5-3-4-10(12)9(11)6-13/h3-6,8H,7H2,1-2H3. The van der Waals surface area contributed by atoms with Crippen molar-refractivity contribution in [1.29, 1.82) is 0 Å². The average molecular weight is 196 g/mol. The van der Waals surface area contributed by atoms with E-state index < -0.39 is 5.82 Å². The first-order chi connectivity index (χ1) is 6.65. The fourth-order valence-electron chi connectivity index (χ4n) is 1.01. The van der Waals surface area contributed by atoms with Crippen molar-refractivity contribution in [3.05, 3.63) is 29.6 Å². The summed E-state index contributed by atoms with van der Waals surface area (Å²) in [6.45, 7) is 4.45. The Hall–Kier alpha value is -1.38. The van der Waals surface area contributed by atoms with Crippen LogP contribution in [0.2, 0.25) is 0 Å². The maximum Gasteiger partial charge on any atom is 0.156 e. The van der Waals surface area contributed by atoms with Crippen LogP contribution in [0.15, 0.2) is 18.2 Å². The molecule has 1 aromatic carbocycles. The van der Waals surface area contributed by atoms with Crippen LogP contribution in [0.25, 0.3) is 0 Å². The van der Waals surface area contributed by atoms with E-state index in [9.17, 15) is 9.18 Å². The van der Waals surface area contributed by atoms with Crippen molar-refractivity contribution in [2.75, 3.05) is 6.61 Å². The highest BCUT2D eigenvalue weighted by Crippen LogP contribution is 2.19. The monoisotopic (exact) mass is 196 g/mol. The highest BCUT2D eigenvalue weighted by atomic mass is 19.1. The van der Waals surface area contributed by atoms with Gasteiger partial charge in [0, 0.05) is 0 Å². The van der Waals surface area contributed by atoms with Gasteiger partial charge in [-0.25, -0.2) is 4.39 Å². The van der Waals surface area contributed by atoms with Gasteiger partial charge < -0.3 is 4.74 Å². The maximum atomic E-state index is 13.1. The van der Waals surface area contributed by atoms with Crippen LogP contribution in [0.1, 0.15) is 24.2 Å². The van der Waals surface area contributed by atoms with E-state index >= 15 is 0 Å². The Morgan fingerprint density at radius 2 is 2.21 bits per heavy atom. The fourth-order valence-corrected chi connectivity index (χ4v) is 1.01. The summed E-state index contributed by atoms with van der Waals surface area (Å²) in [6, 6.07) is 4.36. The van der Waals surface area contributed by atoms with Crippen molar-refractivity contribution in [3.63, 3.8) is 0 Å². The second-order valence-corrected chi connectivity index (χ2v) is 3.47. The number of benzene rings is 1. The molecule has 0 amide bonds. The lowest BCUT2D eigenvalue weighted by Gasteiger charge is -2.10. The van der Waals surface area contributed by atoms with Gasteiger partial charge in [-0.15, -0.1) is 0 Å².